The molecule has 1 saturated heterocycles. The zero-order chi connectivity index (χ0) is 29.4. The minimum atomic E-state index is -0.614. The van der Waals surface area contributed by atoms with E-state index in [1.165, 1.54) is 4.90 Å². The number of aromatic nitrogens is 1. The highest BCUT2D eigenvalue weighted by atomic mass is 16.2. The molecule has 3 aromatic rings. The standard InChI is InChI=1S/C31H39N7O3/c1-5-23-21-37(29(40)22-12-8-7-9-13-22)18-19-38(23)30(41)28(39)25-20-34-27-24(25)14-10-15-26(27)35-31(32-6-2)33-16-11-17-36(3)4/h5,7-10,12-15,20,23,34H,1,6,11,16-19,21H2,2-4H3,(H2,32,33,35)/t23-/m1/s1. The summed E-state index contributed by atoms with van der Waals surface area (Å²) in [6, 6.07) is 14.1. The number of nitrogens with zero attached hydrogens (tertiary/aromatic N) is 4. The molecule has 2 amide bonds. The number of hydrogen-bond acceptors (Lipinski definition) is 5. The van der Waals surface area contributed by atoms with Crippen LogP contribution < -0.4 is 10.6 Å². The number of fused-ring (bicyclic) bond motifs is 1. The number of nitrogens with one attached hydrogen (secondary N) is 3. The number of rotatable bonds is 10. The van der Waals surface area contributed by atoms with Crippen LogP contribution in [0.15, 0.2) is 72.4 Å². The normalized spacial score (nSPS) is 15.7. The number of aliphatic imine (C=N–C) groups is 1. The Balaban J connectivity index is 1.48. The van der Waals surface area contributed by atoms with E-state index in [4.69, 9.17) is 0 Å². The smallest absolute Gasteiger partial charge is 0.295 e. The van der Waals surface area contributed by atoms with E-state index in [0.29, 0.717) is 47.6 Å². The van der Waals surface area contributed by atoms with Gasteiger partial charge in [-0.05, 0) is 52.2 Å². The van der Waals surface area contributed by atoms with Crippen LogP contribution in [0.25, 0.3) is 10.9 Å². The first-order chi connectivity index (χ1) is 19.8. The van der Waals surface area contributed by atoms with Gasteiger partial charge < -0.3 is 30.3 Å². The number of hydrogen-bond donors (Lipinski definition) is 3. The Kier molecular flexibility index (Phi) is 9.91. The predicted octanol–water partition coefficient (Wildman–Crippen LogP) is 3.22. The Bertz CT molecular complexity index is 1410. The molecule has 41 heavy (non-hydrogen) atoms. The van der Waals surface area contributed by atoms with Crippen molar-refractivity contribution in [2.45, 2.75) is 19.4 Å². The van der Waals surface area contributed by atoms with E-state index in [9.17, 15) is 14.4 Å². The second-order valence-corrected chi connectivity index (χ2v) is 10.2. The minimum Gasteiger partial charge on any atom is -0.359 e. The summed E-state index contributed by atoms with van der Waals surface area (Å²) in [5.74, 6) is -0.677. The number of guanidine groups is 1. The number of benzene rings is 2. The third kappa shape index (κ3) is 7.01. The topological polar surface area (TPSA) is 113 Å². The second-order valence-electron chi connectivity index (χ2n) is 10.2. The van der Waals surface area contributed by atoms with Crippen LogP contribution in [0.3, 0.4) is 0 Å². The zero-order valence-corrected chi connectivity index (χ0v) is 24.0. The van der Waals surface area contributed by atoms with Gasteiger partial charge in [0, 0.05) is 49.9 Å². The molecule has 0 aliphatic carbocycles. The van der Waals surface area contributed by atoms with Gasteiger partial charge in [0.25, 0.3) is 17.6 Å². The highest BCUT2D eigenvalue weighted by molar-refractivity contribution is 6.45. The summed E-state index contributed by atoms with van der Waals surface area (Å²) in [6.45, 7) is 9.04. The lowest BCUT2D eigenvalue weighted by molar-refractivity contribution is -0.129. The quantitative estimate of drug-likeness (QED) is 0.0881. The molecule has 1 aliphatic heterocycles. The van der Waals surface area contributed by atoms with Gasteiger partial charge >= 0.3 is 0 Å². The van der Waals surface area contributed by atoms with Crippen molar-refractivity contribution in [1.29, 1.82) is 0 Å². The molecule has 1 fully saturated rings. The lowest BCUT2D eigenvalue weighted by atomic mass is 10.0. The maximum absolute atomic E-state index is 13.5. The molecule has 10 nitrogen and oxygen atoms in total. The first kappa shape index (κ1) is 29.5. The number of carbonyl (C=O) groups is 3. The highest BCUT2D eigenvalue weighted by Gasteiger charge is 2.35. The number of amides is 2. The van der Waals surface area contributed by atoms with Gasteiger partial charge in [0.2, 0.25) is 0 Å². The molecule has 1 aliphatic rings. The Hall–Kier alpha value is -4.44. The summed E-state index contributed by atoms with van der Waals surface area (Å²) in [7, 11) is 4.07. The molecular formula is C31H39N7O3. The Morgan fingerprint density at radius 1 is 1.12 bits per heavy atom. The van der Waals surface area contributed by atoms with Gasteiger partial charge in [0.15, 0.2) is 5.96 Å². The number of Topliss-reactive ketones (excluding diaryl/α,β-unsaturated/α-hetero) is 1. The van der Waals surface area contributed by atoms with Crippen LogP contribution in [-0.2, 0) is 4.79 Å². The fraction of sp³-hybridized carbons (Fsp3) is 0.355. The SMILES string of the molecule is C=C[C@@H]1CN(C(=O)c2ccccc2)CCN1C(=O)C(=O)c1c[nH]c2c(NC(=NCCCN(C)C)NCC)cccc12. The Labute approximate surface area is 241 Å². The van der Waals surface area contributed by atoms with Crippen molar-refractivity contribution < 1.29 is 14.4 Å². The summed E-state index contributed by atoms with van der Waals surface area (Å²) in [4.78, 5) is 53.1. The third-order valence-electron chi connectivity index (χ3n) is 7.04. The molecule has 4 rings (SSSR count). The molecule has 3 N–H and O–H groups in total. The zero-order valence-electron chi connectivity index (χ0n) is 24.0. The lowest BCUT2D eigenvalue weighted by Crippen LogP contribution is -2.57. The summed E-state index contributed by atoms with van der Waals surface area (Å²) in [6.07, 6.45) is 4.12. The van der Waals surface area contributed by atoms with Crippen LogP contribution in [0.4, 0.5) is 5.69 Å². The van der Waals surface area contributed by atoms with Crippen LogP contribution in [-0.4, -0.2) is 103 Å². The molecule has 10 heteroatoms. The molecule has 1 atom stereocenters. The van der Waals surface area contributed by atoms with E-state index in [1.54, 1.807) is 29.3 Å². The van der Waals surface area contributed by atoms with Crippen molar-refractivity contribution in [3.05, 3.63) is 78.5 Å². The van der Waals surface area contributed by atoms with Crippen LogP contribution in [0.1, 0.15) is 34.1 Å². The third-order valence-corrected chi connectivity index (χ3v) is 7.04. The molecule has 2 heterocycles. The average molecular weight is 558 g/mol. The molecule has 0 radical (unpaired) electrons. The minimum absolute atomic E-state index is 0.106. The summed E-state index contributed by atoms with van der Waals surface area (Å²) < 4.78 is 0. The van der Waals surface area contributed by atoms with Crippen molar-refractivity contribution in [3.8, 4) is 0 Å². The number of ketones is 1. The van der Waals surface area contributed by atoms with Crippen molar-refractivity contribution >= 4 is 40.1 Å². The molecule has 0 spiro atoms. The highest BCUT2D eigenvalue weighted by Crippen LogP contribution is 2.27. The maximum Gasteiger partial charge on any atom is 0.295 e. The molecule has 1 aromatic heterocycles. The van der Waals surface area contributed by atoms with Gasteiger partial charge in [0.1, 0.15) is 0 Å². The van der Waals surface area contributed by atoms with Crippen molar-refractivity contribution in [2.75, 3.05) is 58.7 Å². The first-order valence-electron chi connectivity index (χ1n) is 14.0. The Morgan fingerprint density at radius 2 is 1.90 bits per heavy atom. The molecule has 2 aromatic carbocycles. The van der Waals surface area contributed by atoms with Gasteiger partial charge in [-0.25, -0.2) is 0 Å². The number of carbonyl (C=O) groups excluding carboxylic acids is 3. The van der Waals surface area contributed by atoms with Crippen LogP contribution in [0.2, 0.25) is 0 Å². The van der Waals surface area contributed by atoms with Gasteiger partial charge in [0.05, 0.1) is 22.8 Å². The Morgan fingerprint density at radius 3 is 2.61 bits per heavy atom. The average Bonchev–Trinajstić information content (AvgIpc) is 3.43. The maximum atomic E-state index is 13.5. The largest absolute Gasteiger partial charge is 0.359 e. The molecule has 216 valence electrons. The van der Waals surface area contributed by atoms with Crippen molar-refractivity contribution in [1.82, 2.24) is 25.0 Å². The van der Waals surface area contributed by atoms with Crippen molar-refractivity contribution in [2.24, 2.45) is 4.99 Å². The van der Waals surface area contributed by atoms with Crippen LogP contribution in [0.5, 0.6) is 0 Å². The first-order valence-corrected chi connectivity index (χ1v) is 14.0. The molecule has 0 saturated carbocycles. The fourth-order valence-corrected chi connectivity index (χ4v) is 4.92. The van der Waals surface area contributed by atoms with E-state index in [-0.39, 0.29) is 19.0 Å². The van der Waals surface area contributed by atoms with Gasteiger partial charge in [-0.1, -0.05) is 36.4 Å². The molecular weight excluding hydrogens is 518 g/mol. The monoisotopic (exact) mass is 557 g/mol. The number of piperazine rings is 1. The predicted molar refractivity (Wildman–Crippen MR) is 163 cm³/mol. The fourth-order valence-electron chi connectivity index (χ4n) is 4.92. The molecule has 0 bridgehead atoms. The van der Waals surface area contributed by atoms with E-state index >= 15 is 0 Å². The van der Waals surface area contributed by atoms with Gasteiger partial charge in [-0.15, -0.1) is 6.58 Å². The molecule has 0 unspecified atom stereocenters. The number of anilines is 1. The summed E-state index contributed by atoms with van der Waals surface area (Å²) in [5.41, 5.74) is 2.34. The van der Waals surface area contributed by atoms with Crippen LogP contribution in [0, 0.1) is 0 Å². The van der Waals surface area contributed by atoms with Crippen LogP contribution >= 0.6 is 0 Å². The van der Waals surface area contributed by atoms with E-state index < -0.39 is 17.7 Å². The number of H-pyrrole nitrogens is 1. The number of para-hydroxylation sites is 1. The van der Waals surface area contributed by atoms with E-state index in [1.807, 2.05) is 57.4 Å². The van der Waals surface area contributed by atoms with Gasteiger partial charge in [-0.3, -0.25) is 19.4 Å². The lowest BCUT2D eigenvalue weighted by Gasteiger charge is -2.39. The summed E-state index contributed by atoms with van der Waals surface area (Å²) in [5, 5.41) is 7.24. The number of aromatic amines is 1. The van der Waals surface area contributed by atoms with E-state index in [0.717, 1.165) is 18.7 Å². The van der Waals surface area contributed by atoms with Crippen molar-refractivity contribution in [3.63, 3.8) is 0 Å². The second kappa shape index (κ2) is 13.8. The van der Waals surface area contributed by atoms with E-state index in [2.05, 4.69) is 32.1 Å². The summed E-state index contributed by atoms with van der Waals surface area (Å²) >= 11 is 0. The van der Waals surface area contributed by atoms with Gasteiger partial charge in [-0.2, -0.15) is 0 Å².